The van der Waals surface area contributed by atoms with E-state index in [1.165, 1.54) is 24.3 Å². The van der Waals surface area contributed by atoms with Gasteiger partial charge in [-0.05, 0) is 43.3 Å². The maximum absolute atomic E-state index is 12.1. The molecule has 0 spiro atoms. The Morgan fingerprint density at radius 2 is 1.73 bits per heavy atom. The van der Waals surface area contributed by atoms with Gasteiger partial charge in [0.25, 0.3) is 5.69 Å². The minimum absolute atomic E-state index is 0.0817. The van der Waals surface area contributed by atoms with Gasteiger partial charge in [0.1, 0.15) is 23.2 Å². The Morgan fingerprint density at radius 1 is 1.06 bits per heavy atom. The number of benzene rings is 2. The number of nitro groups is 1. The summed E-state index contributed by atoms with van der Waals surface area (Å²) in [4.78, 5) is 33.4. The maximum Gasteiger partial charge on any atom is 0.417 e. The van der Waals surface area contributed by atoms with Crippen molar-refractivity contribution in [1.82, 2.24) is 9.97 Å². The fourth-order valence-electron chi connectivity index (χ4n) is 3.24. The van der Waals surface area contributed by atoms with Gasteiger partial charge in [0, 0.05) is 42.7 Å². The topological polar surface area (TPSA) is 132 Å². The summed E-state index contributed by atoms with van der Waals surface area (Å²) >= 11 is 0. The Bertz CT molecular complexity index is 1130. The molecule has 170 valence electrons. The van der Waals surface area contributed by atoms with Crippen molar-refractivity contribution in [3.05, 3.63) is 70.5 Å². The minimum Gasteiger partial charge on any atom is -0.410 e. The molecule has 0 radical (unpaired) electrons. The number of nitrogens with one attached hydrogen (secondary N) is 2. The molecule has 0 saturated carbocycles. The molecule has 4 rings (SSSR count). The Balaban J connectivity index is 1.36. The molecule has 0 bridgehead atoms. The third-order valence-electron chi connectivity index (χ3n) is 4.82. The molecule has 3 aromatic rings. The van der Waals surface area contributed by atoms with Crippen LogP contribution in [0.4, 0.5) is 33.5 Å². The van der Waals surface area contributed by atoms with Crippen LogP contribution in [0.15, 0.2) is 54.6 Å². The second kappa shape index (κ2) is 9.92. The Labute approximate surface area is 189 Å². The minimum atomic E-state index is -0.703. The lowest BCUT2D eigenvalue weighted by Crippen LogP contribution is -2.36. The molecule has 1 aliphatic rings. The molecule has 2 aromatic carbocycles. The number of aromatic nitrogens is 2. The van der Waals surface area contributed by atoms with Crippen LogP contribution in [-0.2, 0) is 4.74 Å². The van der Waals surface area contributed by atoms with Gasteiger partial charge in [-0.3, -0.25) is 15.4 Å². The summed E-state index contributed by atoms with van der Waals surface area (Å²) < 4.78 is 10.5. The van der Waals surface area contributed by atoms with Crippen LogP contribution in [0.3, 0.4) is 0 Å². The smallest absolute Gasteiger partial charge is 0.410 e. The number of hydrogen-bond acceptors (Lipinski definition) is 9. The Hall–Kier alpha value is -4.25. The van der Waals surface area contributed by atoms with Gasteiger partial charge < -0.3 is 19.7 Å². The van der Waals surface area contributed by atoms with Crippen LogP contribution in [0, 0.1) is 17.0 Å². The molecular weight excluding hydrogens is 428 g/mol. The van der Waals surface area contributed by atoms with Crippen LogP contribution >= 0.6 is 0 Å². The quantitative estimate of drug-likeness (QED) is 0.424. The highest BCUT2D eigenvalue weighted by molar-refractivity contribution is 5.86. The summed E-state index contributed by atoms with van der Waals surface area (Å²) in [6, 6.07) is 14.2. The molecule has 1 amide bonds. The maximum atomic E-state index is 12.1. The van der Waals surface area contributed by atoms with Gasteiger partial charge in [0.05, 0.1) is 18.1 Å². The molecule has 0 unspecified atom stereocenters. The number of rotatable bonds is 6. The molecule has 33 heavy (non-hydrogen) atoms. The van der Waals surface area contributed by atoms with E-state index in [-0.39, 0.29) is 11.4 Å². The van der Waals surface area contributed by atoms with Crippen LogP contribution in [0.1, 0.15) is 5.82 Å². The molecule has 11 heteroatoms. The molecular formula is C22H22N6O5. The fourth-order valence-corrected chi connectivity index (χ4v) is 3.24. The largest absolute Gasteiger partial charge is 0.417 e. The molecule has 0 aliphatic carbocycles. The number of nitrogens with zero attached hydrogens (tertiary/aromatic N) is 4. The Morgan fingerprint density at radius 3 is 2.39 bits per heavy atom. The Kier molecular flexibility index (Phi) is 6.60. The molecule has 11 nitrogen and oxygen atoms in total. The first-order chi connectivity index (χ1) is 16.0. The zero-order valence-corrected chi connectivity index (χ0v) is 17.9. The first-order valence-electron chi connectivity index (χ1n) is 10.2. The van der Waals surface area contributed by atoms with E-state index in [4.69, 9.17) is 9.47 Å². The average molecular weight is 450 g/mol. The number of amides is 1. The summed E-state index contributed by atoms with van der Waals surface area (Å²) in [6.45, 7) is 4.76. The lowest BCUT2D eigenvalue weighted by atomic mass is 10.2. The van der Waals surface area contributed by atoms with Gasteiger partial charge in [0.15, 0.2) is 0 Å². The third-order valence-corrected chi connectivity index (χ3v) is 4.82. The molecule has 1 saturated heterocycles. The van der Waals surface area contributed by atoms with Crippen molar-refractivity contribution in [2.24, 2.45) is 0 Å². The van der Waals surface area contributed by atoms with E-state index in [0.717, 1.165) is 24.6 Å². The standard InChI is InChI=1S/C22H22N6O5/c1-15-23-20(14-21(24-15)27-10-12-32-13-11-27)25-16-2-4-17(5-3-16)26-22(29)33-19-8-6-18(7-9-19)28(30)31/h2-9,14H,10-13H2,1H3,(H,26,29)(H,23,24,25). The predicted octanol–water partition coefficient (Wildman–Crippen LogP) is 3.88. The van der Waals surface area contributed by atoms with Gasteiger partial charge in [-0.1, -0.05) is 0 Å². The van der Waals surface area contributed by atoms with Gasteiger partial charge >= 0.3 is 6.09 Å². The highest BCUT2D eigenvalue weighted by Crippen LogP contribution is 2.22. The van der Waals surface area contributed by atoms with E-state index >= 15 is 0 Å². The SMILES string of the molecule is Cc1nc(Nc2ccc(NC(=O)Oc3ccc([N+](=O)[O-])cc3)cc2)cc(N2CCOCC2)n1. The highest BCUT2D eigenvalue weighted by Gasteiger charge is 2.14. The van der Waals surface area contributed by atoms with E-state index in [1.807, 2.05) is 13.0 Å². The van der Waals surface area contributed by atoms with Crippen molar-refractivity contribution < 1.29 is 19.2 Å². The van der Waals surface area contributed by atoms with Crippen LogP contribution in [0.25, 0.3) is 0 Å². The zero-order chi connectivity index (χ0) is 23.2. The second-order valence-electron chi connectivity index (χ2n) is 7.23. The number of nitro benzene ring substituents is 1. The number of aryl methyl sites for hydroxylation is 1. The van der Waals surface area contributed by atoms with Gasteiger partial charge in [0.2, 0.25) is 0 Å². The molecule has 1 aromatic heterocycles. The lowest BCUT2D eigenvalue weighted by molar-refractivity contribution is -0.384. The normalized spacial score (nSPS) is 13.3. The molecule has 2 N–H and O–H groups in total. The molecule has 2 heterocycles. The van der Waals surface area contributed by atoms with E-state index in [1.54, 1.807) is 24.3 Å². The third kappa shape index (κ3) is 5.92. The average Bonchev–Trinajstić information content (AvgIpc) is 2.81. The molecule has 0 atom stereocenters. The highest BCUT2D eigenvalue weighted by atomic mass is 16.6. The lowest BCUT2D eigenvalue weighted by Gasteiger charge is -2.28. The van der Waals surface area contributed by atoms with Crippen molar-refractivity contribution in [2.45, 2.75) is 6.92 Å². The second-order valence-corrected chi connectivity index (χ2v) is 7.23. The van der Waals surface area contributed by atoms with Crippen LogP contribution in [-0.4, -0.2) is 47.3 Å². The van der Waals surface area contributed by atoms with Crippen molar-refractivity contribution in [3.8, 4) is 5.75 Å². The number of ether oxygens (including phenoxy) is 2. The summed E-state index contributed by atoms with van der Waals surface area (Å²) in [7, 11) is 0. The van der Waals surface area contributed by atoms with Crippen molar-refractivity contribution in [3.63, 3.8) is 0 Å². The van der Waals surface area contributed by atoms with Gasteiger partial charge in [-0.15, -0.1) is 0 Å². The first-order valence-corrected chi connectivity index (χ1v) is 10.2. The summed E-state index contributed by atoms with van der Waals surface area (Å²) in [6.07, 6.45) is -0.703. The summed E-state index contributed by atoms with van der Waals surface area (Å²) in [5, 5.41) is 16.6. The van der Waals surface area contributed by atoms with E-state index in [9.17, 15) is 14.9 Å². The summed E-state index contributed by atoms with van der Waals surface area (Å²) in [5.74, 6) is 2.38. The van der Waals surface area contributed by atoms with Crippen molar-refractivity contribution >= 4 is 34.8 Å². The van der Waals surface area contributed by atoms with E-state index in [0.29, 0.717) is 30.5 Å². The van der Waals surface area contributed by atoms with Crippen molar-refractivity contribution in [1.29, 1.82) is 0 Å². The number of non-ortho nitro benzene ring substituents is 1. The van der Waals surface area contributed by atoms with E-state index < -0.39 is 11.0 Å². The first kappa shape index (κ1) is 22.0. The predicted molar refractivity (Wildman–Crippen MR) is 122 cm³/mol. The van der Waals surface area contributed by atoms with Crippen LogP contribution in [0.2, 0.25) is 0 Å². The summed E-state index contributed by atoms with van der Waals surface area (Å²) in [5.41, 5.74) is 1.23. The van der Waals surface area contributed by atoms with Gasteiger partial charge in [-0.2, -0.15) is 0 Å². The van der Waals surface area contributed by atoms with Gasteiger partial charge in [-0.25, -0.2) is 14.8 Å². The number of carbonyl (C=O) groups excluding carboxylic acids is 1. The fraction of sp³-hybridized carbons (Fsp3) is 0.227. The van der Waals surface area contributed by atoms with Crippen LogP contribution in [0.5, 0.6) is 5.75 Å². The van der Waals surface area contributed by atoms with Crippen LogP contribution < -0.4 is 20.3 Å². The number of hydrogen-bond donors (Lipinski definition) is 2. The number of anilines is 4. The monoisotopic (exact) mass is 450 g/mol. The number of morpholine rings is 1. The molecule has 1 aliphatic heterocycles. The van der Waals surface area contributed by atoms with E-state index in [2.05, 4.69) is 25.5 Å². The van der Waals surface area contributed by atoms with Crippen molar-refractivity contribution in [2.75, 3.05) is 41.8 Å². The molecule has 1 fully saturated rings. The number of carbonyl (C=O) groups is 1. The zero-order valence-electron chi connectivity index (χ0n) is 17.9.